The molecule has 0 radical (unpaired) electrons. The summed E-state index contributed by atoms with van der Waals surface area (Å²) < 4.78 is 0. The first kappa shape index (κ1) is 9.04. The summed E-state index contributed by atoms with van der Waals surface area (Å²) in [7, 11) is 4.59. The molecular weight excluding hydrogens is 182 g/mol. The van der Waals surface area contributed by atoms with E-state index >= 15 is 0 Å². The summed E-state index contributed by atoms with van der Waals surface area (Å²) in [6.45, 7) is 0. The number of hydrogen-bond donors (Lipinski definition) is 0. The summed E-state index contributed by atoms with van der Waals surface area (Å²) in [5, 5.41) is 0. The van der Waals surface area contributed by atoms with Gasteiger partial charge in [-0.2, -0.15) is 0 Å². The van der Waals surface area contributed by atoms with Gasteiger partial charge >= 0.3 is 0 Å². The zero-order valence-electron chi connectivity index (χ0n) is 10.1. The molecule has 0 saturated heterocycles. The molecule has 0 N–H and O–H groups in total. The lowest BCUT2D eigenvalue weighted by atomic mass is 9.50. The maximum absolute atomic E-state index is 2.52. The lowest BCUT2D eigenvalue weighted by Gasteiger charge is -2.56. The fourth-order valence-corrected chi connectivity index (χ4v) is 5.88. The highest BCUT2D eigenvalue weighted by Gasteiger charge is 2.68. The molecule has 0 aromatic rings. The summed E-state index contributed by atoms with van der Waals surface area (Å²) in [5.41, 5.74) is 0.816. The second-order valence-electron chi connectivity index (χ2n) is 7.10. The molecule has 0 aliphatic heterocycles. The highest BCUT2D eigenvalue weighted by Crippen LogP contribution is 2.72. The summed E-state index contributed by atoms with van der Waals surface area (Å²) in [6.07, 6.45) is 9.51. The fourth-order valence-electron chi connectivity index (χ4n) is 5.88. The molecule has 5 saturated carbocycles. The van der Waals surface area contributed by atoms with E-state index in [0.29, 0.717) is 0 Å². The minimum atomic E-state index is 0.816. The lowest BCUT2D eigenvalue weighted by Crippen LogP contribution is -2.49. The van der Waals surface area contributed by atoms with E-state index in [1.54, 1.807) is 32.1 Å². The molecule has 0 aromatic carbocycles. The second kappa shape index (κ2) is 2.61. The van der Waals surface area contributed by atoms with Gasteiger partial charge in [0.1, 0.15) is 0 Å². The molecule has 1 nitrogen and oxygen atoms in total. The van der Waals surface area contributed by atoms with Crippen LogP contribution in [0.4, 0.5) is 0 Å². The number of hydrogen-bond acceptors (Lipinski definition) is 1. The van der Waals surface area contributed by atoms with Gasteiger partial charge in [0.15, 0.2) is 0 Å². The van der Waals surface area contributed by atoms with Crippen LogP contribution in [0.5, 0.6) is 0 Å². The molecule has 0 unspecified atom stereocenters. The van der Waals surface area contributed by atoms with E-state index in [1.165, 1.54) is 6.42 Å². The quantitative estimate of drug-likeness (QED) is 0.636. The van der Waals surface area contributed by atoms with Gasteiger partial charge in [-0.3, -0.25) is 0 Å². The highest BCUT2D eigenvalue weighted by molar-refractivity contribution is 5.20. The van der Waals surface area contributed by atoms with Crippen molar-refractivity contribution in [3.05, 3.63) is 0 Å². The van der Waals surface area contributed by atoms with E-state index in [1.807, 2.05) is 0 Å². The van der Waals surface area contributed by atoms with Gasteiger partial charge in [0.05, 0.1) is 0 Å². The zero-order chi connectivity index (χ0) is 10.2. The topological polar surface area (TPSA) is 3.24 Å². The van der Waals surface area contributed by atoms with Crippen molar-refractivity contribution in [2.75, 3.05) is 14.1 Å². The van der Waals surface area contributed by atoms with Gasteiger partial charge in [-0.25, -0.2) is 0 Å². The van der Waals surface area contributed by atoms with Gasteiger partial charge < -0.3 is 4.90 Å². The molecule has 0 heterocycles. The van der Waals surface area contributed by atoms with Crippen molar-refractivity contribution < 1.29 is 0 Å². The minimum Gasteiger partial charge on any atom is -0.306 e. The normalized spacial score (nSPS) is 60.6. The van der Waals surface area contributed by atoms with Crippen molar-refractivity contribution in [3.8, 4) is 0 Å². The van der Waals surface area contributed by atoms with Crippen LogP contribution in [0.1, 0.15) is 38.5 Å². The van der Waals surface area contributed by atoms with Gasteiger partial charge in [-0.1, -0.05) is 0 Å². The fraction of sp³-hybridized carbons (Fsp3) is 1.00. The van der Waals surface area contributed by atoms with Gasteiger partial charge in [-0.15, -0.1) is 0 Å². The number of nitrogens with zero attached hydrogens (tertiary/aromatic N) is 1. The molecule has 4 bridgehead atoms. The first-order valence-electron chi connectivity index (χ1n) is 6.86. The second-order valence-corrected chi connectivity index (χ2v) is 7.10. The third kappa shape index (κ3) is 0.988. The average molecular weight is 205 g/mol. The Balaban J connectivity index is 1.67. The van der Waals surface area contributed by atoms with Gasteiger partial charge in [0.25, 0.3) is 0 Å². The van der Waals surface area contributed by atoms with Crippen LogP contribution in [0.25, 0.3) is 0 Å². The van der Waals surface area contributed by atoms with Gasteiger partial charge in [0, 0.05) is 6.04 Å². The Kier molecular flexibility index (Phi) is 1.57. The third-order valence-corrected chi connectivity index (χ3v) is 6.29. The molecule has 0 amide bonds. The monoisotopic (exact) mass is 205 g/mol. The maximum Gasteiger partial charge on any atom is 0.0158 e. The van der Waals surface area contributed by atoms with Crippen LogP contribution in [0.15, 0.2) is 0 Å². The predicted molar refractivity (Wildman–Crippen MR) is 61.6 cm³/mol. The SMILES string of the molecule is CN(C)[C@@H]1CC12C1CC3CC(C1)CC2C3. The summed E-state index contributed by atoms with van der Waals surface area (Å²) in [6, 6.07) is 0.951. The van der Waals surface area contributed by atoms with Crippen molar-refractivity contribution in [3.63, 3.8) is 0 Å². The standard InChI is InChI=1S/C14H23N/c1-15(2)13-8-14(13)11-4-9-3-10(6-11)7-12(14)5-9/h9-13H,3-8H2,1-2H3/t9?,10?,11?,12?,13-,14?/m1/s1. The van der Waals surface area contributed by atoms with Crippen molar-refractivity contribution in [1.29, 1.82) is 0 Å². The van der Waals surface area contributed by atoms with E-state index in [4.69, 9.17) is 0 Å². The molecule has 1 atom stereocenters. The average Bonchev–Trinajstić information content (AvgIpc) is 2.89. The van der Waals surface area contributed by atoms with Gasteiger partial charge in [0.2, 0.25) is 0 Å². The third-order valence-electron chi connectivity index (χ3n) is 6.29. The Morgan fingerprint density at radius 3 is 1.80 bits per heavy atom. The van der Waals surface area contributed by atoms with Crippen LogP contribution in [-0.2, 0) is 0 Å². The summed E-state index contributed by atoms with van der Waals surface area (Å²) >= 11 is 0. The lowest BCUT2D eigenvalue weighted by molar-refractivity contribution is -0.0620. The van der Waals surface area contributed by atoms with Crippen molar-refractivity contribution in [2.45, 2.75) is 44.6 Å². The molecule has 1 spiro atoms. The van der Waals surface area contributed by atoms with Crippen LogP contribution in [0.2, 0.25) is 0 Å². The first-order valence-corrected chi connectivity index (χ1v) is 6.86. The predicted octanol–water partition coefficient (Wildman–Crippen LogP) is 2.76. The Morgan fingerprint density at radius 1 is 0.867 bits per heavy atom. The molecular formula is C14H23N. The Morgan fingerprint density at radius 2 is 1.40 bits per heavy atom. The number of rotatable bonds is 1. The van der Waals surface area contributed by atoms with Crippen LogP contribution in [0.3, 0.4) is 0 Å². The molecule has 0 aromatic heterocycles. The molecule has 5 aliphatic rings. The molecule has 5 aliphatic carbocycles. The Bertz CT molecular complexity index is 266. The van der Waals surface area contributed by atoms with Crippen molar-refractivity contribution in [1.82, 2.24) is 4.90 Å². The minimum absolute atomic E-state index is 0.816. The smallest absolute Gasteiger partial charge is 0.0158 e. The van der Waals surface area contributed by atoms with E-state index in [0.717, 1.165) is 35.1 Å². The highest BCUT2D eigenvalue weighted by atomic mass is 15.2. The van der Waals surface area contributed by atoms with E-state index in [2.05, 4.69) is 19.0 Å². The zero-order valence-corrected chi connectivity index (χ0v) is 10.1. The van der Waals surface area contributed by atoms with Crippen molar-refractivity contribution >= 4 is 0 Å². The van der Waals surface area contributed by atoms with Crippen LogP contribution >= 0.6 is 0 Å². The van der Waals surface area contributed by atoms with Crippen LogP contribution < -0.4 is 0 Å². The first-order chi connectivity index (χ1) is 7.20. The molecule has 84 valence electrons. The Labute approximate surface area is 93.2 Å². The molecule has 15 heavy (non-hydrogen) atoms. The largest absolute Gasteiger partial charge is 0.306 e. The van der Waals surface area contributed by atoms with E-state index in [9.17, 15) is 0 Å². The molecule has 5 fully saturated rings. The summed E-state index contributed by atoms with van der Waals surface area (Å²) in [5.74, 6) is 4.53. The van der Waals surface area contributed by atoms with Crippen LogP contribution in [0, 0.1) is 29.1 Å². The van der Waals surface area contributed by atoms with E-state index in [-0.39, 0.29) is 0 Å². The van der Waals surface area contributed by atoms with Gasteiger partial charge in [-0.05, 0) is 81.7 Å². The Hall–Kier alpha value is -0.0400. The van der Waals surface area contributed by atoms with E-state index < -0.39 is 0 Å². The van der Waals surface area contributed by atoms with Crippen LogP contribution in [-0.4, -0.2) is 25.0 Å². The molecule has 5 rings (SSSR count). The van der Waals surface area contributed by atoms with Crippen molar-refractivity contribution in [2.24, 2.45) is 29.1 Å². The maximum atomic E-state index is 2.52. The molecule has 1 heteroatoms. The summed E-state index contributed by atoms with van der Waals surface area (Å²) in [4.78, 5) is 2.52.